The van der Waals surface area contributed by atoms with Crippen LogP contribution < -0.4 is 10.6 Å². The number of thioether (sulfide) groups is 1. The van der Waals surface area contributed by atoms with Gasteiger partial charge in [0, 0.05) is 10.9 Å². The molecule has 0 bridgehead atoms. The molecule has 0 saturated heterocycles. The van der Waals surface area contributed by atoms with Crippen molar-refractivity contribution in [3.63, 3.8) is 0 Å². The van der Waals surface area contributed by atoms with Crippen LogP contribution in [0.1, 0.15) is 56.6 Å². The number of carbonyl (C=O) groups excluding carboxylic acids is 3. The summed E-state index contributed by atoms with van der Waals surface area (Å²) in [5.74, 6) is -0.949. The van der Waals surface area contributed by atoms with Gasteiger partial charge in [-0.1, -0.05) is 25.3 Å². The molecular weight excluding hydrogens is 376 g/mol. The minimum Gasteiger partial charge on any atom is -0.452 e. The van der Waals surface area contributed by atoms with Crippen LogP contribution >= 0.6 is 11.8 Å². The number of benzene rings is 1. The topological polar surface area (TPSA) is 84.5 Å². The zero-order valence-electron chi connectivity index (χ0n) is 16.3. The predicted octanol–water partition coefficient (Wildman–Crippen LogP) is 3.36. The summed E-state index contributed by atoms with van der Waals surface area (Å²) in [6.45, 7) is 1.47. The average molecular weight is 405 g/mol. The molecule has 0 aliphatic heterocycles. The van der Waals surface area contributed by atoms with Crippen LogP contribution in [-0.2, 0) is 27.2 Å². The number of fused-ring (bicyclic) bond motifs is 1. The quantitative estimate of drug-likeness (QED) is 0.561. The first-order chi connectivity index (χ1) is 13.5. The molecular formula is C21H28N2O4S. The van der Waals surface area contributed by atoms with Crippen molar-refractivity contribution in [3.8, 4) is 0 Å². The van der Waals surface area contributed by atoms with Gasteiger partial charge in [0.1, 0.15) is 0 Å². The summed E-state index contributed by atoms with van der Waals surface area (Å²) in [6.07, 6.45) is 7.64. The van der Waals surface area contributed by atoms with Crippen molar-refractivity contribution in [2.24, 2.45) is 0 Å². The first kappa shape index (κ1) is 20.7. The van der Waals surface area contributed by atoms with Crippen LogP contribution in [0.2, 0.25) is 0 Å². The summed E-state index contributed by atoms with van der Waals surface area (Å²) < 4.78 is 5.17. The van der Waals surface area contributed by atoms with Crippen LogP contribution in [0.25, 0.3) is 0 Å². The maximum atomic E-state index is 12.1. The Morgan fingerprint density at radius 2 is 1.86 bits per heavy atom. The van der Waals surface area contributed by atoms with Gasteiger partial charge >= 0.3 is 12.0 Å². The molecule has 2 aliphatic carbocycles. The van der Waals surface area contributed by atoms with E-state index in [1.54, 1.807) is 0 Å². The van der Waals surface area contributed by atoms with Crippen molar-refractivity contribution in [2.45, 2.75) is 75.3 Å². The summed E-state index contributed by atoms with van der Waals surface area (Å²) in [4.78, 5) is 37.1. The highest BCUT2D eigenvalue weighted by Gasteiger charge is 2.22. The highest BCUT2D eigenvalue weighted by Crippen LogP contribution is 2.27. The predicted molar refractivity (Wildman–Crippen MR) is 108 cm³/mol. The van der Waals surface area contributed by atoms with Crippen molar-refractivity contribution in [2.75, 3.05) is 5.75 Å². The molecule has 0 spiro atoms. The Bertz CT molecular complexity index is 731. The Morgan fingerprint density at radius 1 is 1.11 bits per heavy atom. The molecule has 2 aliphatic rings. The standard InChI is InChI=1S/C21H28N2O4S/c1-14(20(25)23-21(26)22-17-8-3-2-4-9-17)27-19(24)13-28-18-11-10-15-6-5-7-16(15)12-18/h10-12,14,17H,2-9,13H2,1H3,(H2,22,23,25,26)/t14-/m0/s1. The molecule has 0 unspecified atom stereocenters. The molecule has 2 N–H and O–H groups in total. The van der Waals surface area contributed by atoms with Gasteiger partial charge < -0.3 is 10.1 Å². The summed E-state index contributed by atoms with van der Waals surface area (Å²) in [6, 6.07) is 5.87. The van der Waals surface area contributed by atoms with Crippen LogP contribution in [0.15, 0.2) is 23.1 Å². The summed E-state index contributed by atoms with van der Waals surface area (Å²) >= 11 is 1.40. The average Bonchev–Trinajstić information content (AvgIpc) is 3.14. The van der Waals surface area contributed by atoms with E-state index in [0.29, 0.717) is 0 Å². The number of imide groups is 1. The van der Waals surface area contributed by atoms with Gasteiger partial charge in [-0.05, 0) is 62.3 Å². The number of esters is 1. The van der Waals surface area contributed by atoms with E-state index in [-0.39, 0.29) is 11.8 Å². The van der Waals surface area contributed by atoms with E-state index in [0.717, 1.165) is 43.4 Å². The number of urea groups is 1. The minimum absolute atomic E-state index is 0.114. The molecule has 152 valence electrons. The highest BCUT2D eigenvalue weighted by molar-refractivity contribution is 8.00. The third kappa shape index (κ3) is 5.99. The second kappa shape index (κ2) is 9.96. The molecule has 1 aromatic carbocycles. The van der Waals surface area contributed by atoms with E-state index in [1.807, 2.05) is 6.07 Å². The highest BCUT2D eigenvalue weighted by atomic mass is 32.2. The number of aryl methyl sites for hydroxylation is 2. The van der Waals surface area contributed by atoms with E-state index >= 15 is 0 Å². The molecule has 0 heterocycles. The fraction of sp³-hybridized carbons (Fsp3) is 0.571. The molecule has 1 atom stereocenters. The number of rotatable bonds is 6. The molecule has 1 fully saturated rings. The van der Waals surface area contributed by atoms with Crippen LogP contribution in [0.3, 0.4) is 0 Å². The number of ether oxygens (including phenoxy) is 1. The first-order valence-corrected chi connectivity index (χ1v) is 11.1. The molecule has 0 aromatic heterocycles. The van der Waals surface area contributed by atoms with Crippen LogP contribution in [0.5, 0.6) is 0 Å². The SMILES string of the molecule is C[C@H](OC(=O)CSc1ccc2c(c1)CCC2)C(=O)NC(=O)NC1CCCCC1. The van der Waals surface area contributed by atoms with Gasteiger partial charge in [0.05, 0.1) is 5.75 Å². The molecule has 3 amide bonds. The van der Waals surface area contributed by atoms with Crippen molar-refractivity contribution < 1.29 is 19.1 Å². The monoisotopic (exact) mass is 404 g/mol. The van der Waals surface area contributed by atoms with E-state index in [4.69, 9.17) is 4.74 Å². The summed E-state index contributed by atoms with van der Waals surface area (Å²) in [7, 11) is 0. The number of hydrogen-bond donors (Lipinski definition) is 2. The van der Waals surface area contributed by atoms with E-state index in [9.17, 15) is 14.4 Å². The van der Waals surface area contributed by atoms with Gasteiger partial charge in [-0.25, -0.2) is 4.79 Å². The normalized spacial score (nSPS) is 17.5. The molecule has 3 rings (SSSR count). The fourth-order valence-corrected chi connectivity index (χ4v) is 4.49. The van der Waals surface area contributed by atoms with Crippen LogP contribution in [0, 0.1) is 0 Å². The van der Waals surface area contributed by atoms with Crippen molar-refractivity contribution in [1.29, 1.82) is 0 Å². The number of hydrogen-bond acceptors (Lipinski definition) is 5. The van der Waals surface area contributed by atoms with Gasteiger partial charge in [-0.15, -0.1) is 11.8 Å². The number of amides is 3. The number of nitrogens with one attached hydrogen (secondary N) is 2. The van der Waals surface area contributed by atoms with Gasteiger partial charge in [0.2, 0.25) is 0 Å². The number of carbonyl (C=O) groups is 3. The Kier molecular flexibility index (Phi) is 7.36. The second-order valence-electron chi connectivity index (χ2n) is 7.50. The van der Waals surface area contributed by atoms with Crippen molar-refractivity contribution in [1.82, 2.24) is 10.6 Å². The lowest BCUT2D eigenvalue weighted by Gasteiger charge is -2.23. The Balaban J connectivity index is 1.38. The van der Waals surface area contributed by atoms with E-state index in [2.05, 4.69) is 22.8 Å². The third-order valence-electron chi connectivity index (χ3n) is 5.28. The molecule has 6 nitrogen and oxygen atoms in total. The summed E-state index contributed by atoms with van der Waals surface area (Å²) in [5.41, 5.74) is 2.75. The maximum absolute atomic E-state index is 12.1. The van der Waals surface area contributed by atoms with Crippen LogP contribution in [0.4, 0.5) is 4.79 Å². The zero-order valence-corrected chi connectivity index (χ0v) is 17.1. The van der Waals surface area contributed by atoms with Gasteiger partial charge in [0.15, 0.2) is 6.10 Å². The molecule has 28 heavy (non-hydrogen) atoms. The lowest BCUT2D eigenvalue weighted by Crippen LogP contribution is -2.48. The van der Waals surface area contributed by atoms with Crippen LogP contribution in [-0.4, -0.2) is 35.8 Å². The smallest absolute Gasteiger partial charge is 0.321 e. The van der Waals surface area contributed by atoms with E-state index in [1.165, 1.54) is 42.7 Å². The largest absolute Gasteiger partial charge is 0.452 e. The molecule has 1 aromatic rings. The third-order valence-corrected chi connectivity index (χ3v) is 6.25. The zero-order chi connectivity index (χ0) is 19.9. The van der Waals surface area contributed by atoms with Crippen molar-refractivity contribution in [3.05, 3.63) is 29.3 Å². The maximum Gasteiger partial charge on any atom is 0.321 e. The fourth-order valence-electron chi connectivity index (χ4n) is 3.75. The summed E-state index contributed by atoms with van der Waals surface area (Å²) in [5, 5.41) is 5.07. The minimum atomic E-state index is -1.01. The second-order valence-corrected chi connectivity index (χ2v) is 8.55. The molecule has 1 saturated carbocycles. The van der Waals surface area contributed by atoms with Gasteiger partial charge in [0.25, 0.3) is 5.91 Å². The Hall–Kier alpha value is -2.02. The van der Waals surface area contributed by atoms with Crippen molar-refractivity contribution >= 4 is 29.7 Å². The van der Waals surface area contributed by atoms with Gasteiger partial charge in [-0.3, -0.25) is 14.9 Å². The lowest BCUT2D eigenvalue weighted by molar-refractivity contribution is -0.151. The molecule has 7 heteroatoms. The van der Waals surface area contributed by atoms with Gasteiger partial charge in [-0.2, -0.15) is 0 Å². The molecule has 0 radical (unpaired) electrons. The Labute approximate surface area is 170 Å². The van der Waals surface area contributed by atoms with E-state index < -0.39 is 24.0 Å². The Morgan fingerprint density at radius 3 is 2.64 bits per heavy atom. The first-order valence-electron chi connectivity index (χ1n) is 10.1. The lowest BCUT2D eigenvalue weighted by atomic mass is 9.96.